The number of piperazine rings is 1. The summed E-state index contributed by atoms with van der Waals surface area (Å²) < 4.78 is 5.12. The average molecular weight is 419 g/mol. The number of hydrogen-bond donors (Lipinski definition) is 2. The van der Waals surface area contributed by atoms with Crippen molar-refractivity contribution in [1.82, 2.24) is 14.9 Å². The van der Waals surface area contributed by atoms with Crippen molar-refractivity contribution in [2.75, 3.05) is 48.8 Å². The SMILES string of the molecule is COc1ccc(NC(=O)Nc2cc(N3CCN(Cc4ccccc4)CC3)ncn2)cc1. The molecule has 1 aromatic heterocycles. The minimum Gasteiger partial charge on any atom is -0.497 e. The largest absolute Gasteiger partial charge is 0.497 e. The summed E-state index contributed by atoms with van der Waals surface area (Å²) in [5.74, 6) is 2.01. The number of nitrogens with one attached hydrogen (secondary N) is 2. The number of carbonyl (C=O) groups excluding carboxylic acids is 1. The van der Waals surface area contributed by atoms with Gasteiger partial charge in [0.15, 0.2) is 0 Å². The van der Waals surface area contributed by atoms with Crippen molar-refractivity contribution in [3.05, 3.63) is 72.6 Å². The van der Waals surface area contributed by atoms with Gasteiger partial charge in [0, 0.05) is 44.5 Å². The van der Waals surface area contributed by atoms with Gasteiger partial charge in [-0.1, -0.05) is 30.3 Å². The van der Waals surface area contributed by atoms with E-state index in [0.29, 0.717) is 11.5 Å². The lowest BCUT2D eigenvalue weighted by Crippen LogP contribution is -2.46. The fourth-order valence-electron chi connectivity index (χ4n) is 3.52. The second kappa shape index (κ2) is 9.90. The van der Waals surface area contributed by atoms with Gasteiger partial charge in [-0.3, -0.25) is 10.2 Å². The van der Waals surface area contributed by atoms with E-state index in [1.165, 1.54) is 11.9 Å². The number of benzene rings is 2. The lowest BCUT2D eigenvalue weighted by molar-refractivity contribution is 0.249. The summed E-state index contributed by atoms with van der Waals surface area (Å²) in [6.45, 7) is 4.62. The molecule has 2 aromatic carbocycles. The van der Waals surface area contributed by atoms with Crippen molar-refractivity contribution in [3.8, 4) is 5.75 Å². The first-order valence-electron chi connectivity index (χ1n) is 10.2. The first kappa shape index (κ1) is 20.6. The summed E-state index contributed by atoms with van der Waals surface area (Å²) in [4.78, 5) is 25.5. The minimum absolute atomic E-state index is 0.359. The molecule has 8 nitrogen and oxygen atoms in total. The molecule has 31 heavy (non-hydrogen) atoms. The molecule has 0 bridgehead atoms. The van der Waals surface area contributed by atoms with Crippen LogP contribution in [0.1, 0.15) is 5.56 Å². The van der Waals surface area contributed by atoms with E-state index in [0.717, 1.165) is 44.3 Å². The van der Waals surface area contributed by atoms with Crippen LogP contribution in [0.15, 0.2) is 67.0 Å². The molecule has 8 heteroatoms. The second-order valence-electron chi connectivity index (χ2n) is 7.32. The van der Waals surface area contributed by atoms with Gasteiger partial charge in [-0.05, 0) is 29.8 Å². The molecule has 1 fully saturated rings. The molecule has 0 unspecified atom stereocenters. The predicted octanol–water partition coefficient (Wildman–Crippen LogP) is 3.45. The number of aromatic nitrogens is 2. The van der Waals surface area contributed by atoms with Crippen LogP contribution >= 0.6 is 0 Å². The molecule has 2 heterocycles. The van der Waals surface area contributed by atoms with Crippen molar-refractivity contribution in [3.63, 3.8) is 0 Å². The number of anilines is 3. The van der Waals surface area contributed by atoms with Crippen LogP contribution in [0.5, 0.6) is 5.75 Å². The highest BCUT2D eigenvalue weighted by Gasteiger charge is 2.19. The van der Waals surface area contributed by atoms with Crippen molar-refractivity contribution in [2.45, 2.75) is 6.54 Å². The number of urea groups is 1. The zero-order valence-corrected chi connectivity index (χ0v) is 17.5. The summed E-state index contributed by atoms with van der Waals surface area (Å²) in [7, 11) is 1.60. The molecular weight excluding hydrogens is 392 g/mol. The van der Waals surface area contributed by atoms with E-state index in [2.05, 4.69) is 54.7 Å². The maximum Gasteiger partial charge on any atom is 0.324 e. The van der Waals surface area contributed by atoms with Crippen LogP contribution in [0.2, 0.25) is 0 Å². The van der Waals surface area contributed by atoms with Gasteiger partial charge in [0.25, 0.3) is 0 Å². The first-order chi connectivity index (χ1) is 15.2. The van der Waals surface area contributed by atoms with Gasteiger partial charge in [0.2, 0.25) is 0 Å². The lowest BCUT2D eigenvalue weighted by Gasteiger charge is -2.35. The van der Waals surface area contributed by atoms with Gasteiger partial charge in [-0.15, -0.1) is 0 Å². The molecule has 0 spiro atoms. The molecule has 4 rings (SSSR count). The lowest BCUT2D eigenvalue weighted by atomic mass is 10.2. The summed E-state index contributed by atoms with van der Waals surface area (Å²) in [6, 6.07) is 19.1. The Balaban J connectivity index is 1.30. The van der Waals surface area contributed by atoms with E-state index < -0.39 is 0 Å². The number of hydrogen-bond acceptors (Lipinski definition) is 6. The normalized spacial score (nSPS) is 14.2. The molecule has 2 amide bonds. The monoisotopic (exact) mass is 418 g/mol. The zero-order chi connectivity index (χ0) is 21.5. The first-order valence-corrected chi connectivity index (χ1v) is 10.2. The third-order valence-corrected chi connectivity index (χ3v) is 5.19. The fraction of sp³-hybridized carbons (Fsp3) is 0.261. The highest BCUT2D eigenvalue weighted by Crippen LogP contribution is 2.18. The summed E-state index contributed by atoms with van der Waals surface area (Å²) in [6.07, 6.45) is 1.48. The summed E-state index contributed by atoms with van der Waals surface area (Å²) in [5.41, 5.74) is 1.99. The van der Waals surface area contributed by atoms with Crippen molar-refractivity contribution in [2.24, 2.45) is 0 Å². The van der Waals surface area contributed by atoms with Crippen LogP contribution < -0.4 is 20.3 Å². The van der Waals surface area contributed by atoms with Crippen LogP contribution in [0.3, 0.4) is 0 Å². The third-order valence-electron chi connectivity index (χ3n) is 5.19. The minimum atomic E-state index is -0.359. The van der Waals surface area contributed by atoms with Crippen LogP contribution in [0.25, 0.3) is 0 Å². The van der Waals surface area contributed by atoms with E-state index in [9.17, 15) is 4.79 Å². The Morgan fingerprint density at radius 1 is 0.968 bits per heavy atom. The molecule has 3 aromatic rings. The number of ether oxygens (including phenoxy) is 1. The highest BCUT2D eigenvalue weighted by molar-refractivity contribution is 5.99. The molecule has 2 N–H and O–H groups in total. The number of amides is 2. The van der Waals surface area contributed by atoms with Gasteiger partial charge in [0.1, 0.15) is 23.7 Å². The Hall–Kier alpha value is -3.65. The molecule has 1 aliphatic heterocycles. The van der Waals surface area contributed by atoms with Gasteiger partial charge >= 0.3 is 6.03 Å². The van der Waals surface area contributed by atoms with Crippen molar-refractivity contribution < 1.29 is 9.53 Å². The van der Waals surface area contributed by atoms with Gasteiger partial charge < -0.3 is 15.0 Å². The quantitative estimate of drug-likeness (QED) is 0.638. The van der Waals surface area contributed by atoms with Crippen LogP contribution in [-0.4, -0.2) is 54.2 Å². The maximum atomic E-state index is 12.3. The van der Waals surface area contributed by atoms with E-state index in [1.54, 1.807) is 37.4 Å². The van der Waals surface area contributed by atoms with Crippen molar-refractivity contribution in [1.29, 1.82) is 0 Å². The van der Waals surface area contributed by atoms with Gasteiger partial charge in [-0.25, -0.2) is 14.8 Å². The molecule has 1 saturated heterocycles. The summed E-state index contributed by atoms with van der Waals surface area (Å²) >= 11 is 0. The molecule has 0 atom stereocenters. The molecule has 0 saturated carbocycles. The van der Waals surface area contributed by atoms with E-state index >= 15 is 0 Å². The van der Waals surface area contributed by atoms with E-state index in [1.807, 2.05) is 6.07 Å². The summed E-state index contributed by atoms with van der Waals surface area (Å²) in [5, 5.41) is 5.55. The smallest absolute Gasteiger partial charge is 0.324 e. The van der Waals surface area contributed by atoms with Crippen LogP contribution in [0, 0.1) is 0 Å². The molecule has 0 radical (unpaired) electrons. The Labute approximate surface area is 181 Å². The van der Waals surface area contributed by atoms with Crippen LogP contribution in [-0.2, 0) is 6.54 Å². The Morgan fingerprint density at radius 3 is 2.42 bits per heavy atom. The highest BCUT2D eigenvalue weighted by atomic mass is 16.5. The predicted molar refractivity (Wildman–Crippen MR) is 122 cm³/mol. The Bertz CT molecular complexity index is 988. The third kappa shape index (κ3) is 5.70. The molecule has 0 aliphatic carbocycles. The Morgan fingerprint density at radius 2 is 1.71 bits per heavy atom. The average Bonchev–Trinajstić information content (AvgIpc) is 2.81. The number of carbonyl (C=O) groups is 1. The van der Waals surface area contributed by atoms with E-state index in [4.69, 9.17) is 4.74 Å². The standard InChI is InChI=1S/C23H26N6O2/c1-31-20-9-7-19(8-10-20)26-23(30)27-21-15-22(25-17-24-21)29-13-11-28(12-14-29)16-18-5-3-2-4-6-18/h2-10,15,17H,11-14,16H2,1H3,(H2,24,25,26,27,30). The topological polar surface area (TPSA) is 82.6 Å². The van der Waals surface area contributed by atoms with Gasteiger partial charge in [0.05, 0.1) is 7.11 Å². The molecule has 1 aliphatic rings. The van der Waals surface area contributed by atoms with E-state index in [-0.39, 0.29) is 6.03 Å². The number of nitrogens with zero attached hydrogens (tertiary/aromatic N) is 4. The van der Waals surface area contributed by atoms with Crippen molar-refractivity contribution >= 4 is 23.4 Å². The second-order valence-corrected chi connectivity index (χ2v) is 7.32. The Kier molecular flexibility index (Phi) is 6.59. The maximum absolute atomic E-state index is 12.3. The van der Waals surface area contributed by atoms with Gasteiger partial charge in [-0.2, -0.15) is 0 Å². The number of methoxy groups -OCH3 is 1. The van der Waals surface area contributed by atoms with Crippen LogP contribution in [0.4, 0.5) is 22.1 Å². The number of rotatable bonds is 6. The zero-order valence-electron chi connectivity index (χ0n) is 17.5. The fourth-order valence-corrected chi connectivity index (χ4v) is 3.52. The molecule has 160 valence electrons. The molecular formula is C23H26N6O2.